The Morgan fingerprint density at radius 3 is 2.72 bits per heavy atom. The first-order valence-corrected chi connectivity index (χ1v) is 9.91. The summed E-state index contributed by atoms with van der Waals surface area (Å²) in [5.74, 6) is 0.694. The predicted molar refractivity (Wildman–Crippen MR) is 111 cm³/mol. The number of H-pyrrole nitrogens is 1. The van der Waals surface area contributed by atoms with E-state index in [4.69, 9.17) is 5.73 Å². The average molecular weight is 390 g/mol. The number of rotatable bonds is 5. The topological polar surface area (TPSA) is 101 Å². The number of carbonyl (C=O) groups is 1. The van der Waals surface area contributed by atoms with E-state index in [9.17, 15) is 4.79 Å². The third kappa shape index (κ3) is 3.91. The third-order valence-electron chi connectivity index (χ3n) is 6.34. The van der Waals surface area contributed by atoms with E-state index < -0.39 is 0 Å². The number of hydrogen-bond donors (Lipinski definition) is 2. The van der Waals surface area contributed by atoms with Crippen molar-refractivity contribution in [1.29, 1.82) is 0 Å². The lowest BCUT2D eigenvalue weighted by molar-refractivity contribution is 0.0996. The largest absolute Gasteiger partial charge is 0.366 e. The van der Waals surface area contributed by atoms with Gasteiger partial charge in [0.05, 0.1) is 0 Å². The fourth-order valence-corrected chi connectivity index (χ4v) is 4.22. The Morgan fingerprint density at radius 2 is 2.07 bits per heavy atom. The van der Waals surface area contributed by atoms with Crippen molar-refractivity contribution in [2.45, 2.75) is 32.2 Å². The van der Waals surface area contributed by atoms with Gasteiger partial charge in [-0.25, -0.2) is 0 Å². The molecule has 7 nitrogen and oxygen atoms in total. The van der Waals surface area contributed by atoms with Crippen molar-refractivity contribution in [3.05, 3.63) is 65.2 Å². The molecule has 1 aliphatic rings. The van der Waals surface area contributed by atoms with Crippen molar-refractivity contribution >= 4 is 5.91 Å². The van der Waals surface area contributed by atoms with Crippen LogP contribution < -0.4 is 5.73 Å². The summed E-state index contributed by atoms with van der Waals surface area (Å²) in [6.07, 6.45) is 1.04. The molecule has 0 saturated carbocycles. The van der Waals surface area contributed by atoms with Gasteiger partial charge in [0, 0.05) is 24.2 Å². The molecule has 0 aliphatic carbocycles. The Labute approximate surface area is 170 Å². The standard InChI is InChI=1S/C22H26N6O/c1-15-13-28(14-16-6-8-17(9-7-16)21-24-26-27-25-21)11-10-22(15,2)19-5-3-4-18(12-19)20(23)29/h3-9,12,15H,10-11,13-14H2,1-2H3,(H2,23,29)(H,24,25,26,27)/t15-,22+/m0/s1. The number of nitrogens with one attached hydrogen (secondary N) is 1. The molecule has 3 aromatic rings. The summed E-state index contributed by atoms with van der Waals surface area (Å²) in [7, 11) is 0. The zero-order valence-corrected chi connectivity index (χ0v) is 16.8. The number of amides is 1. The molecule has 1 amide bonds. The molecule has 0 bridgehead atoms. The van der Waals surface area contributed by atoms with Crippen molar-refractivity contribution in [2.75, 3.05) is 13.1 Å². The zero-order valence-electron chi connectivity index (χ0n) is 16.8. The molecular formula is C22H26N6O. The summed E-state index contributed by atoms with van der Waals surface area (Å²) in [5, 5.41) is 14.1. The Kier molecular flexibility index (Phi) is 5.15. The normalized spacial score (nSPS) is 22.5. The van der Waals surface area contributed by atoms with Crippen LogP contribution in [0.5, 0.6) is 0 Å². The monoisotopic (exact) mass is 390 g/mol. The van der Waals surface area contributed by atoms with Gasteiger partial charge in [-0.15, -0.1) is 10.2 Å². The number of aromatic nitrogens is 4. The number of aromatic amines is 1. The SMILES string of the molecule is C[C@H]1CN(Cc2ccc(-c3nn[nH]n3)cc2)CC[C@@]1(C)c1cccc(C(N)=O)c1. The van der Waals surface area contributed by atoms with E-state index in [-0.39, 0.29) is 11.3 Å². The first kappa shape index (κ1) is 19.3. The van der Waals surface area contributed by atoms with Gasteiger partial charge in [0.15, 0.2) is 0 Å². The van der Waals surface area contributed by atoms with Crippen LogP contribution in [0.25, 0.3) is 11.4 Å². The van der Waals surface area contributed by atoms with Crippen LogP contribution in [0.15, 0.2) is 48.5 Å². The number of piperidine rings is 1. The fraction of sp³-hybridized carbons (Fsp3) is 0.364. The lowest BCUT2D eigenvalue weighted by Crippen LogP contribution is -2.47. The van der Waals surface area contributed by atoms with Crippen LogP contribution in [-0.4, -0.2) is 44.5 Å². The molecule has 4 rings (SSSR count). The maximum atomic E-state index is 11.6. The number of tetrazole rings is 1. The zero-order chi connectivity index (χ0) is 20.4. The minimum atomic E-state index is -0.371. The Morgan fingerprint density at radius 1 is 1.28 bits per heavy atom. The minimum Gasteiger partial charge on any atom is -0.366 e. The first-order chi connectivity index (χ1) is 14.0. The number of carbonyl (C=O) groups excluding carboxylic acids is 1. The van der Waals surface area contributed by atoms with Gasteiger partial charge in [0.2, 0.25) is 11.7 Å². The van der Waals surface area contributed by atoms with E-state index in [1.54, 1.807) is 6.07 Å². The maximum Gasteiger partial charge on any atom is 0.248 e. The van der Waals surface area contributed by atoms with Crippen molar-refractivity contribution < 1.29 is 4.79 Å². The van der Waals surface area contributed by atoms with E-state index in [1.807, 2.05) is 24.3 Å². The molecule has 0 unspecified atom stereocenters. The van der Waals surface area contributed by atoms with Crippen LogP contribution >= 0.6 is 0 Å². The summed E-state index contributed by atoms with van der Waals surface area (Å²) in [6, 6.07) is 16.1. The van der Waals surface area contributed by atoms with Crippen LogP contribution in [0, 0.1) is 5.92 Å². The molecule has 3 N–H and O–H groups in total. The van der Waals surface area contributed by atoms with Crippen LogP contribution in [0.3, 0.4) is 0 Å². The van der Waals surface area contributed by atoms with Gasteiger partial charge < -0.3 is 5.73 Å². The Balaban J connectivity index is 1.43. The fourth-order valence-electron chi connectivity index (χ4n) is 4.22. The van der Waals surface area contributed by atoms with Crippen molar-refractivity contribution in [2.24, 2.45) is 11.7 Å². The highest BCUT2D eigenvalue weighted by atomic mass is 16.1. The molecule has 2 atom stereocenters. The molecular weight excluding hydrogens is 364 g/mol. The van der Waals surface area contributed by atoms with Crippen molar-refractivity contribution in [1.82, 2.24) is 25.5 Å². The maximum absolute atomic E-state index is 11.6. The quantitative estimate of drug-likeness (QED) is 0.698. The predicted octanol–water partition coefficient (Wildman–Crippen LogP) is 2.77. The molecule has 1 aliphatic heterocycles. The van der Waals surface area contributed by atoms with Crippen LogP contribution in [0.1, 0.15) is 41.8 Å². The van der Waals surface area contributed by atoms with Crippen LogP contribution in [0.2, 0.25) is 0 Å². The van der Waals surface area contributed by atoms with Gasteiger partial charge in [0.1, 0.15) is 0 Å². The van der Waals surface area contributed by atoms with Crippen molar-refractivity contribution in [3.8, 4) is 11.4 Å². The van der Waals surface area contributed by atoms with Gasteiger partial charge in [-0.3, -0.25) is 9.69 Å². The summed E-state index contributed by atoms with van der Waals surface area (Å²) >= 11 is 0. The second kappa shape index (κ2) is 7.75. The first-order valence-electron chi connectivity index (χ1n) is 9.91. The molecule has 0 spiro atoms. The van der Waals surface area contributed by atoms with E-state index in [0.29, 0.717) is 17.3 Å². The molecule has 2 aromatic carbocycles. The molecule has 29 heavy (non-hydrogen) atoms. The van der Waals surface area contributed by atoms with Gasteiger partial charge in [-0.2, -0.15) is 5.21 Å². The Hall–Kier alpha value is -3.06. The van der Waals surface area contributed by atoms with Crippen LogP contribution in [0.4, 0.5) is 0 Å². The highest BCUT2D eigenvalue weighted by Gasteiger charge is 2.38. The summed E-state index contributed by atoms with van der Waals surface area (Å²) < 4.78 is 0. The molecule has 7 heteroatoms. The van der Waals surface area contributed by atoms with Crippen molar-refractivity contribution in [3.63, 3.8) is 0 Å². The van der Waals surface area contributed by atoms with Gasteiger partial charge in [0.25, 0.3) is 0 Å². The second-order valence-electron chi connectivity index (χ2n) is 8.18. The van der Waals surface area contributed by atoms with E-state index in [2.05, 4.69) is 57.6 Å². The summed E-state index contributed by atoms with van der Waals surface area (Å²) in [6.45, 7) is 7.52. The molecule has 1 aromatic heterocycles. The average Bonchev–Trinajstić information content (AvgIpc) is 3.26. The van der Waals surface area contributed by atoms with Gasteiger partial charge in [-0.05, 0) is 52.8 Å². The highest BCUT2D eigenvalue weighted by Crippen LogP contribution is 2.40. The molecule has 0 radical (unpaired) electrons. The van der Waals surface area contributed by atoms with Gasteiger partial charge >= 0.3 is 0 Å². The second-order valence-corrected chi connectivity index (χ2v) is 8.18. The highest BCUT2D eigenvalue weighted by molar-refractivity contribution is 5.92. The Bertz CT molecular complexity index is 985. The molecule has 2 heterocycles. The lowest BCUT2D eigenvalue weighted by atomic mass is 9.68. The smallest absolute Gasteiger partial charge is 0.248 e. The number of nitrogens with zero attached hydrogens (tertiary/aromatic N) is 4. The molecule has 1 saturated heterocycles. The number of primary amides is 1. The van der Waals surface area contributed by atoms with Gasteiger partial charge in [-0.1, -0.05) is 50.2 Å². The number of likely N-dealkylation sites (tertiary alicyclic amines) is 1. The molecule has 1 fully saturated rings. The number of benzene rings is 2. The summed E-state index contributed by atoms with van der Waals surface area (Å²) in [5.41, 5.74) is 9.52. The third-order valence-corrected chi connectivity index (χ3v) is 6.34. The lowest BCUT2D eigenvalue weighted by Gasteiger charge is -2.45. The summed E-state index contributed by atoms with van der Waals surface area (Å²) in [4.78, 5) is 14.1. The number of hydrogen-bond acceptors (Lipinski definition) is 5. The van der Waals surface area contributed by atoms with E-state index >= 15 is 0 Å². The molecule has 150 valence electrons. The van der Waals surface area contributed by atoms with Crippen LogP contribution in [-0.2, 0) is 12.0 Å². The number of nitrogens with two attached hydrogens (primary N) is 1. The minimum absolute atomic E-state index is 0.0322. The van der Waals surface area contributed by atoms with E-state index in [0.717, 1.165) is 31.6 Å². The van der Waals surface area contributed by atoms with E-state index in [1.165, 1.54) is 11.1 Å².